The molecule has 0 bridgehead atoms. The van der Waals surface area contributed by atoms with E-state index in [1.54, 1.807) is 12.4 Å². The van der Waals surface area contributed by atoms with Crippen molar-refractivity contribution in [1.82, 2.24) is 10.3 Å². The molecule has 1 rings (SSSR count). The number of hydrogen-bond donors (Lipinski definition) is 1. The largest absolute Gasteiger partial charge is 0.320 e. The number of rotatable bonds is 1. The number of aromatic nitrogens is 1. The van der Waals surface area contributed by atoms with Crippen LogP contribution in [-0.4, -0.2) is 18.6 Å². The Balaban J connectivity index is -0.0000000418. The van der Waals surface area contributed by atoms with Gasteiger partial charge in [0.1, 0.15) is 0 Å². The molecule has 0 spiro atoms. The molecule has 0 aromatic carbocycles. The van der Waals surface area contributed by atoms with Crippen LogP contribution in [0.15, 0.2) is 30.6 Å². The lowest BCUT2D eigenvalue weighted by Gasteiger charge is -1.76. The standard InChI is InChI=1S/C5H5N.C3H9N.4C2H6/c1-2-4-6-5-3-1;1-3-4-2;4*1-2/h1-5H;4H,3H2,1-2H3;4*1-2H3. The Morgan fingerprint density at radius 1 is 0.722 bits per heavy atom. The SMILES string of the molecule is CC.CC.CC.CC.CCNC.c1ccncc1. The highest BCUT2D eigenvalue weighted by Gasteiger charge is 1.58. The van der Waals surface area contributed by atoms with E-state index < -0.39 is 0 Å². The smallest absolute Gasteiger partial charge is 0.0267 e. The number of nitrogens with zero attached hydrogens (tertiary/aromatic N) is 1. The summed E-state index contributed by atoms with van der Waals surface area (Å²) in [4.78, 5) is 3.78. The summed E-state index contributed by atoms with van der Waals surface area (Å²) < 4.78 is 0. The molecule has 18 heavy (non-hydrogen) atoms. The molecular weight excluding hydrogens is 220 g/mol. The molecule has 0 amide bonds. The average Bonchev–Trinajstić information content (AvgIpc) is 2.57. The summed E-state index contributed by atoms with van der Waals surface area (Å²) >= 11 is 0. The second kappa shape index (κ2) is 72.8. The Labute approximate surface area is 117 Å². The van der Waals surface area contributed by atoms with Crippen LogP contribution >= 0.6 is 0 Å². The average molecular weight is 258 g/mol. The molecule has 2 heteroatoms. The lowest BCUT2D eigenvalue weighted by atomic mass is 10.5. The molecule has 2 nitrogen and oxygen atoms in total. The summed E-state index contributed by atoms with van der Waals surface area (Å²) in [6.07, 6.45) is 3.50. The molecule has 1 aromatic rings. The lowest BCUT2D eigenvalue weighted by molar-refractivity contribution is 0.864. The van der Waals surface area contributed by atoms with Crippen LogP contribution in [0, 0.1) is 0 Å². The summed E-state index contributed by atoms with van der Waals surface area (Å²) in [7, 11) is 1.93. The number of hydrogen-bond acceptors (Lipinski definition) is 2. The zero-order valence-corrected chi connectivity index (χ0v) is 14.5. The van der Waals surface area contributed by atoms with Crippen molar-refractivity contribution in [1.29, 1.82) is 0 Å². The van der Waals surface area contributed by atoms with Crippen LogP contribution in [0.25, 0.3) is 0 Å². The quantitative estimate of drug-likeness (QED) is 0.728. The van der Waals surface area contributed by atoms with E-state index >= 15 is 0 Å². The third-order valence-electron chi connectivity index (χ3n) is 0.920. The highest BCUT2D eigenvalue weighted by atomic mass is 14.8. The Kier molecular flexibility index (Phi) is 122. The minimum absolute atomic E-state index is 1.07. The van der Waals surface area contributed by atoms with Gasteiger partial charge in [0.15, 0.2) is 0 Å². The highest BCUT2D eigenvalue weighted by Crippen LogP contribution is 1.73. The molecule has 0 radical (unpaired) electrons. The van der Waals surface area contributed by atoms with Gasteiger partial charge in [0, 0.05) is 12.4 Å². The maximum absolute atomic E-state index is 3.78. The van der Waals surface area contributed by atoms with Crippen molar-refractivity contribution in [3.05, 3.63) is 30.6 Å². The monoisotopic (exact) mass is 258 g/mol. The van der Waals surface area contributed by atoms with Gasteiger partial charge in [-0.3, -0.25) is 4.98 Å². The van der Waals surface area contributed by atoms with Crippen molar-refractivity contribution in [2.24, 2.45) is 0 Å². The first kappa shape index (κ1) is 30.3. The molecule has 0 saturated carbocycles. The maximum atomic E-state index is 3.78. The number of pyridine rings is 1. The van der Waals surface area contributed by atoms with Crippen LogP contribution in [0.1, 0.15) is 62.3 Å². The molecule has 0 aliphatic rings. The Hall–Kier alpha value is -0.890. The second-order valence-corrected chi connectivity index (χ2v) is 1.73. The second-order valence-electron chi connectivity index (χ2n) is 1.73. The third kappa shape index (κ3) is 80.6. The van der Waals surface area contributed by atoms with Gasteiger partial charge in [0.2, 0.25) is 0 Å². The van der Waals surface area contributed by atoms with E-state index in [1.165, 1.54) is 0 Å². The van der Waals surface area contributed by atoms with Gasteiger partial charge in [-0.2, -0.15) is 0 Å². The predicted molar refractivity (Wildman–Crippen MR) is 89.2 cm³/mol. The zero-order chi connectivity index (χ0) is 15.7. The number of nitrogens with one attached hydrogen (secondary N) is 1. The summed E-state index contributed by atoms with van der Waals surface area (Å²) in [6, 6.07) is 5.72. The summed E-state index contributed by atoms with van der Waals surface area (Å²) in [5.74, 6) is 0. The van der Waals surface area contributed by atoms with Crippen molar-refractivity contribution in [3.8, 4) is 0 Å². The molecule has 1 heterocycles. The summed E-state index contributed by atoms with van der Waals surface area (Å²) in [5.41, 5.74) is 0. The van der Waals surface area contributed by atoms with Gasteiger partial charge in [0.25, 0.3) is 0 Å². The molecule has 0 fully saturated rings. The van der Waals surface area contributed by atoms with E-state index in [9.17, 15) is 0 Å². The summed E-state index contributed by atoms with van der Waals surface area (Å²) in [5, 5.41) is 2.93. The van der Waals surface area contributed by atoms with Gasteiger partial charge < -0.3 is 5.32 Å². The van der Waals surface area contributed by atoms with Crippen LogP contribution in [0.2, 0.25) is 0 Å². The van der Waals surface area contributed by atoms with Crippen LogP contribution < -0.4 is 5.32 Å². The minimum atomic E-state index is 1.07. The maximum Gasteiger partial charge on any atom is 0.0267 e. The minimum Gasteiger partial charge on any atom is -0.320 e. The van der Waals surface area contributed by atoms with Gasteiger partial charge in [-0.25, -0.2) is 0 Å². The van der Waals surface area contributed by atoms with Crippen LogP contribution in [0.3, 0.4) is 0 Å². The zero-order valence-electron chi connectivity index (χ0n) is 14.5. The van der Waals surface area contributed by atoms with E-state index in [0.717, 1.165) is 6.54 Å². The van der Waals surface area contributed by atoms with Crippen LogP contribution in [-0.2, 0) is 0 Å². The van der Waals surface area contributed by atoms with Crippen LogP contribution in [0.5, 0.6) is 0 Å². The Morgan fingerprint density at radius 3 is 1.06 bits per heavy atom. The lowest BCUT2D eigenvalue weighted by Crippen LogP contribution is -2.01. The topological polar surface area (TPSA) is 24.9 Å². The first-order chi connectivity index (χ1) is 8.91. The fraction of sp³-hybridized carbons (Fsp3) is 0.688. The van der Waals surface area contributed by atoms with Gasteiger partial charge >= 0.3 is 0 Å². The predicted octanol–water partition coefficient (Wildman–Crippen LogP) is 5.41. The summed E-state index contributed by atoms with van der Waals surface area (Å²) in [6.45, 7) is 19.1. The van der Waals surface area contributed by atoms with E-state index in [1.807, 2.05) is 80.6 Å². The highest BCUT2D eigenvalue weighted by molar-refractivity contribution is 4.88. The first-order valence-electron chi connectivity index (χ1n) is 7.41. The van der Waals surface area contributed by atoms with Crippen molar-refractivity contribution < 1.29 is 0 Å². The molecule has 0 unspecified atom stereocenters. The molecular formula is C16H38N2. The van der Waals surface area contributed by atoms with Crippen molar-refractivity contribution in [3.63, 3.8) is 0 Å². The van der Waals surface area contributed by atoms with E-state index in [4.69, 9.17) is 0 Å². The molecule has 1 aromatic heterocycles. The van der Waals surface area contributed by atoms with Crippen LogP contribution in [0.4, 0.5) is 0 Å². The fourth-order valence-corrected chi connectivity index (χ4v) is 0.313. The molecule has 0 atom stereocenters. The first-order valence-corrected chi connectivity index (χ1v) is 7.41. The fourth-order valence-electron chi connectivity index (χ4n) is 0.313. The molecule has 0 saturated heterocycles. The normalized spacial score (nSPS) is 5.67. The molecule has 112 valence electrons. The van der Waals surface area contributed by atoms with Gasteiger partial charge in [-0.05, 0) is 25.7 Å². The molecule has 1 N–H and O–H groups in total. The Bertz CT molecular complexity index is 101. The van der Waals surface area contributed by atoms with Crippen molar-refractivity contribution in [2.45, 2.75) is 62.3 Å². The molecule has 0 aliphatic heterocycles. The Morgan fingerprint density at radius 2 is 1.00 bits per heavy atom. The van der Waals surface area contributed by atoms with E-state index in [0.29, 0.717) is 0 Å². The van der Waals surface area contributed by atoms with E-state index in [2.05, 4.69) is 17.2 Å². The van der Waals surface area contributed by atoms with Gasteiger partial charge in [0.05, 0.1) is 0 Å². The van der Waals surface area contributed by atoms with Gasteiger partial charge in [-0.1, -0.05) is 68.4 Å². The van der Waals surface area contributed by atoms with Gasteiger partial charge in [-0.15, -0.1) is 0 Å². The molecule has 0 aliphatic carbocycles. The van der Waals surface area contributed by atoms with Crippen molar-refractivity contribution in [2.75, 3.05) is 13.6 Å². The van der Waals surface area contributed by atoms with Crippen molar-refractivity contribution >= 4 is 0 Å². The van der Waals surface area contributed by atoms with E-state index in [-0.39, 0.29) is 0 Å². The third-order valence-corrected chi connectivity index (χ3v) is 0.920.